The highest BCUT2D eigenvalue weighted by molar-refractivity contribution is 7.99. The second-order valence-corrected chi connectivity index (χ2v) is 7.87. The van der Waals surface area contributed by atoms with Gasteiger partial charge in [-0.25, -0.2) is 0 Å². The summed E-state index contributed by atoms with van der Waals surface area (Å²) < 4.78 is 0. The lowest BCUT2D eigenvalue weighted by atomic mass is 9.99. The predicted octanol–water partition coefficient (Wildman–Crippen LogP) is 7.76. The van der Waals surface area contributed by atoms with Crippen LogP contribution in [0.1, 0.15) is 37.3 Å². The molecule has 0 saturated carbocycles. The maximum absolute atomic E-state index is 5.93. The van der Waals surface area contributed by atoms with E-state index in [4.69, 9.17) is 11.6 Å². The van der Waals surface area contributed by atoms with Gasteiger partial charge in [0, 0.05) is 21.0 Å². The van der Waals surface area contributed by atoms with Crippen LogP contribution in [0.5, 0.6) is 0 Å². The highest BCUT2D eigenvalue weighted by Gasteiger charge is 2.02. The summed E-state index contributed by atoms with van der Waals surface area (Å²) in [4.78, 5) is 6.95. The molecule has 1 atom stereocenters. The molecule has 3 aromatic rings. The molecule has 0 aliphatic carbocycles. The van der Waals surface area contributed by atoms with Crippen LogP contribution in [-0.4, -0.2) is 6.21 Å². The molecule has 3 rings (SSSR count). The highest BCUT2D eigenvalue weighted by atomic mass is 35.5. The first kappa shape index (κ1) is 18.8. The Morgan fingerprint density at radius 3 is 2.04 bits per heavy atom. The molecule has 0 aliphatic heterocycles. The minimum absolute atomic E-state index is 0.596. The van der Waals surface area contributed by atoms with Crippen LogP contribution in [0.2, 0.25) is 5.02 Å². The first-order valence-electron chi connectivity index (χ1n) is 8.81. The summed E-state index contributed by atoms with van der Waals surface area (Å²) >= 11 is 7.65. The Kier molecular flexibility index (Phi) is 6.54. The lowest BCUT2D eigenvalue weighted by Crippen LogP contribution is -1.89. The number of hydrogen-bond acceptors (Lipinski definition) is 2. The van der Waals surface area contributed by atoms with Crippen LogP contribution >= 0.6 is 23.4 Å². The Balaban J connectivity index is 1.63. The van der Waals surface area contributed by atoms with Crippen molar-refractivity contribution >= 4 is 35.3 Å². The van der Waals surface area contributed by atoms with Gasteiger partial charge in [-0.05, 0) is 72.0 Å². The standard InChI is InChI=1S/C23H22ClNS/c1-3-17(2)19-6-10-21(11-7-19)25-16-18-4-12-22(13-5-18)26-23-14-8-20(24)9-15-23/h4-17H,3H2,1-2H3/t17-/m0/s1. The van der Waals surface area contributed by atoms with E-state index in [1.165, 1.54) is 15.4 Å². The number of halogens is 1. The van der Waals surface area contributed by atoms with E-state index in [9.17, 15) is 0 Å². The van der Waals surface area contributed by atoms with Crippen LogP contribution in [0.3, 0.4) is 0 Å². The molecule has 0 amide bonds. The molecule has 0 aromatic heterocycles. The maximum Gasteiger partial charge on any atom is 0.0630 e. The van der Waals surface area contributed by atoms with E-state index in [0.29, 0.717) is 5.92 Å². The lowest BCUT2D eigenvalue weighted by molar-refractivity contribution is 0.734. The zero-order valence-corrected chi connectivity index (χ0v) is 16.6. The smallest absolute Gasteiger partial charge is 0.0630 e. The zero-order chi connectivity index (χ0) is 18.4. The van der Waals surface area contributed by atoms with Gasteiger partial charge in [0.15, 0.2) is 0 Å². The van der Waals surface area contributed by atoms with Gasteiger partial charge in [0.25, 0.3) is 0 Å². The van der Waals surface area contributed by atoms with Crippen molar-refractivity contribution in [3.63, 3.8) is 0 Å². The number of nitrogens with zero attached hydrogens (tertiary/aromatic N) is 1. The van der Waals surface area contributed by atoms with Gasteiger partial charge in [-0.15, -0.1) is 0 Å². The lowest BCUT2D eigenvalue weighted by Gasteiger charge is -2.08. The van der Waals surface area contributed by atoms with Gasteiger partial charge < -0.3 is 0 Å². The summed E-state index contributed by atoms with van der Waals surface area (Å²) in [5.41, 5.74) is 3.45. The molecule has 132 valence electrons. The second kappa shape index (κ2) is 9.07. The third-order valence-electron chi connectivity index (χ3n) is 4.37. The molecule has 0 radical (unpaired) electrons. The molecule has 26 heavy (non-hydrogen) atoms. The number of aliphatic imine (C=N–C) groups is 1. The van der Waals surface area contributed by atoms with Crippen molar-refractivity contribution in [3.05, 3.63) is 88.9 Å². The Labute approximate surface area is 165 Å². The molecule has 0 saturated heterocycles. The first-order valence-corrected chi connectivity index (χ1v) is 10.0. The number of benzene rings is 3. The SMILES string of the molecule is CC[C@H](C)c1ccc(N=Cc2ccc(Sc3ccc(Cl)cc3)cc2)cc1. The molecule has 0 spiro atoms. The minimum Gasteiger partial charge on any atom is -0.256 e. The summed E-state index contributed by atoms with van der Waals surface area (Å²) in [5.74, 6) is 0.596. The summed E-state index contributed by atoms with van der Waals surface area (Å²) in [5, 5.41) is 0.762. The van der Waals surface area contributed by atoms with Crippen LogP contribution in [-0.2, 0) is 0 Å². The van der Waals surface area contributed by atoms with Gasteiger partial charge in [0.1, 0.15) is 0 Å². The summed E-state index contributed by atoms with van der Waals surface area (Å²) in [6.45, 7) is 4.47. The molecule has 0 bridgehead atoms. The van der Waals surface area contributed by atoms with Crippen LogP contribution in [0.25, 0.3) is 0 Å². The van der Waals surface area contributed by atoms with Crippen LogP contribution in [0, 0.1) is 0 Å². The quantitative estimate of drug-likeness (QED) is 0.398. The summed E-state index contributed by atoms with van der Waals surface area (Å²) in [7, 11) is 0. The third kappa shape index (κ3) is 5.23. The Hall–Kier alpha value is -2.03. The Morgan fingerprint density at radius 2 is 1.46 bits per heavy atom. The third-order valence-corrected chi connectivity index (χ3v) is 5.63. The molecule has 3 heteroatoms. The topological polar surface area (TPSA) is 12.4 Å². The largest absolute Gasteiger partial charge is 0.256 e. The van der Waals surface area contributed by atoms with Gasteiger partial charge in [-0.2, -0.15) is 0 Å². The van der Waals surface area contributed by atoms with Gasteiger partial charge in [0.05, 0.1) is 5.69 Å². The van der Waals surface area contributed by atoms with E-state index < -0.39 is 0 Å². The van der Waals surface area contributed by atoms with E-state index in [2.05, 4.69) is 67.4 Å². The van der Waals surface area contributed by atoms with Crippen molar-refractivity contribution in [3.8, 4) is 0 Å². The first-order chi connectivity index (χ1) is 12.6. The van der Waals surface area contributed by atoms with Gasteiger partial charge in [-0.1, -0.05) is 61.5 Å². The van der Waals surface area contributed by atoms with Crippen LogP contribution in [0.4, 0.5) is 5.69 Å². The predicted molar refractivity (Wildman–Crippen MR) is 114 cm³/mol. The number of hydrogen-bond donors (Lipinski definition) is 0. The van der Waals surface area contributed by atoms with Crippen LogP contribution in [0.15, 0.2) is 87.6 Å². The molecular formula is C23H22ClNS. The van der Waals surface area contributed by atoms with E-state index in [0.717, 1.165) is 22.7 Å². The van der Waals surface area contributed by atoms with E-state index in [1.54, 1.807) is 11.8 Å². The van der Waals surface area contributed by atoms with E-state index in [-0.39, 0.29) is 0 Å². The summed E-state index contributed by atoms with van der Waals surface area (Å²) in [6, 6.07) is 24.8. The van der Waals surface area contributed by atoms with Gasteiger partial charge in [0.2, 0.25) is 0 Å². The average molecular weight is 380 g/mol. The van der Waals surface area contributed by atoms with E-state index >= 15 is 0 Å². The summed E-state index contributed by atoms with van der Waals surface area (Å²) in [6.07, 6.45) is 3.07. The maximum atomic E-state index is 5.93. The molecular weight excluding hydrogens is 358 g/mol. The fraction of sp³-hybridized carbons (Fsp3) is 0.174. The van der Waals surface area contributed by atoms with Crippen molar-refractivity contribution in [2.75, 3.05) is 0 Å². The Bertz CT molecular complexity index is 852. The molecule has 0 N–H and O–H groups in total. The minimum atomic E-state index is 0.596. The second-order valence-electron chi connectivity index (χ2n) is 6.28. The molecule has 3 aromatic carbocycles. The molecule has 0 unspecified atom stereocenters. The van der Waals surface area contributed by atoms with Gasteiger partial charge in [-0.3, -0.25) is 4.99 Å². The molecule has 0 aliphatic rings. The highest BCUT2D eigenvalue weighted by Crippen LogP contribution is 2.28. The number of rotatable bonds is 6. The van der Waals surface area contributed by atoms with Crippen molar-refractivity contribution < 1.29 is 0 Å². The van der Waals surface area contributed by atoms with Crippen molar-refractivity contribution in [2.24, 2.45) is 4.99 Å². The van der Waals surface area contributed by atoms with Crippen molar-refractivity contribution in [1.82, 2.24) is 0 Å². The zero-order valence-electron chi connectivity index (χ0n) is 15.0. The average Bonchev–Trinajstić information content (AvgIpc) is 2.69. The molecule has 0 heterocycles. The fourth-order valence-corrected chi connectivity index (χ4v) is 3.48. The van der Waals surface area contributed by atoms with Gasteiger partial charge >= 0.3 is 0 Å². The Morgan fingerprint density at radius 1 is 0.885 bits per heavy atom. The van der Waals surface area contributed by atoms with Crippen molar-refractivity contribution in [1.29, 1.82) is 0 Å². The fourth-order valence-electron chi connectivity index (χ4n) is 2.53. The monoisotopic (exact) mass is 379 g/mol. The molecule has 1 nitrogen and oxygen atoms in total. The normalized spacial score (nSPS) is 12.4. The molecule has 0 fully saturated rings. The van der Waals surface area contributed by atoms with Crippen LogP contribution < -0.4 is 0 Å². The van der Waals surface area contributed by atoms with E-state index in [1.807, 2.05) is 30.5 Å². The van der Waals surface area contributed by atoms with Crippen molar-refractivity contribution in [2.45, 2.75) is 36.0 Å².